The summed E-state index contributed by atoms with van der Waals surface area (Å²) in [6.45, 7) is 2.04. The maximum Gasteiger partial charge on any atom is 0.163 e. The topological polar surface area (TPSA) is 17.1 Å². The van der Waals surface area contributed by atoms with E-state index in [-0.39, 0.29) is 5.78 Å². The lowest BCUT2D eigenvalue weighted by atomic mass is 10.1. The second kappa shape index (κ2) is 3.21. The Bertz CT molecular complexity index is 396. The highest BCUT2D eigenvalue weighted by Gasteiger charge is 2.23. The van der Waals surface area contributed by atoms with Crippen molar-refractivity contribution in [3.05, 3.63) is 31.7 Å². The molecule has 13 heavy (non-hydrogen) atoms. The number of Topliss-reactive ketones (excluding diaryl/α,β-unsaturated/α-hetero) is 1. The van der Waals surface area contributed by atoms with Crippen LogP contribution in [0.15, 0.2) is 15.0 Å². The van der Waals surface area contributed by atoms with E-state index in [4.69, 9.17) is 0 Å². The molecular weight excluding hydrogens is 296 g/mol. The van der Waals surface area contributed by atoms with Crippen molar-refractivity contribution in [1.29, 1.82) is 0 Å². The Kier molecular flexibility index (Phi) is 2.32. The van der Waals surface area contributed by atoms with Crippen LogP contribution in [0.4, 0.5) is 0 Å². The van der Waals surface area contributed by atoms with Gasteiger partial charge in [0.1, 0.15) is 0 Å². The smallest absolute Gasteiger partial charge is 0.163 e. The van der Waals surface area contributed by atoms with Gasteiger partial charge in [-0.15, -0.1) is 0 Å². The SMILES string of the molecule is Cc1c(Br)cc2c(c1Br)CCC2=O. The quantitative estimate of drug-likeness (QED) is 0.715. The Labute approximate surface area is 93.8 Å². The van der Waals surface area contributed by atoms with E-state index in [2.05, 4.69) is 31.9 Å². The molecule has 0 atom stereocenters. The number of hydrogen-bond donors (Lipinski definition) is 0. The van der Waals surface area contributed by atoms with Crippen LogP contribution in [-0.4, -0.2) is 5.78 Å². The molecule has 1 aliphatic rings. The number of rotatable bonds is 0. The first-order valence-electron chi connectivity index (χ1n) is 4.12. The van der Waals surface area contributed by atoms with Gasteiger partial charge in [0.05, 0.1) is 0 Å². The molecule has 0 unspecified atom stereocenters. The molecule has 1 aliphatic carbocycles. The van der Waals surface area contributed by atoms with Crippen LogP contribution in [0, 0.1) is 6.92 Å². The van der Waals surface area contributed by atoms with Crippen LogP contribution < -0.4 is 0 Å². The van der Waals surface area contributed by atoms with Gasteiger partial charge in [0, 0.05) is 20.9 Å². The zero-order valence-electron chi connectivity index (χ0n) is 7.16. The van der Waals surface area contributed by atoms with Crippen LogP contribution in [0.1, 0.15) is 27.9 Å². The minimum absolute atomic E-state index is 0.261. The summed E-state index contributed by atoms with van der Waals surface area (Å²) in [5.41, 5.74) is 3.23. The summed E-state index contributed by atoms with van der Waals surface area (Å²) in [5, 5.41) is 0. The molecular formula is C10H8Br2O. The summed E-state index contributed by atoms with van der Waals surface area (Å²) in [4.78, 5) is 11.4. The molecule has 0 bridgehead atoms. The van der Waals surface area contributed by atoms with Crippen LogP contribution in [0.25, 0.3) is 0 Å². The Hall–Kier alpha value is -0.150. The summed E-state index contributed by atoms with van der Waals surface area (Å²) >= 11 is 6.97. The monoisotopic (exact) mass is 302 g/mol. The largest absolute Gasteiger partial charge is 0.294 e. The molecule has 0 radical (unpaired) electrons. The van der Waals surface area contributed by atoms with Gasteiger partial charge in [-0.3, -0.25) is 4.79 Å². The average molecular weight is 304 g/mol. The third-order valence-corrected chi connectivity index (χ3v) is 4.35. The second-order valence-electron chi connectivity index (χ2n) is 3.25. The van der Waals surface area contributed by atoms with Crippen molar-refractivity contribution in [2.45, 2.75) is 19.8 Å². The van der Waals surface area contributed by atoms with Crippen LogP contribution in [0.3, 0.4) is 0 Å². The molecule has 68 valence electrons. The first kappa shape index (κ1) is 9.41. The van der Waals surface area contributed by atoms with Crippen LogP contribution >= 0.6 is 31.9 Å². The molecule has 0 saturated carbocycles. The van der Waals surface area contributed by atoms with Gasteiger partial charge in [-0.1, -0.05) is 31.9 Å². The van der Waals surface area contributed by atoms with Crippen molar-refractivity contribution in [2.75, 3.05) is 0 Å². The van der Waals surface area contributed by atoms with Gasteiger partial charge in [-0.05, 0) is 30.5 Å². The standard InChI is InChI=1S/C10H8Br2O/c1-5-8(11)4-7-6(10(5)12)2-3-9(7)13/h4H,2-3H2,1H3. The summed E-state index contributed by atoms with van der Waals surface area (Å²) < 4.78 is 2.09. The molecule has 0 heterocycles. The number of carbonyl (C=O) groups is 1. The Morgan fingerprint density at radius 2 is 2.00 bits per heavy atom. The number of hydrogen-bond acceptors (Lipinski definition) is 1. The predicted octanol–water partition coefficient (Wildman–Crippen LogP) is 3.65. The van der Waals surface area contributed by atoms with Crippen LogP contribution in [-0.2, 0) is 6.42 Å². The van der Waals surface area contributed by atoms with Gasteiger partial charge in [0.2, 0.25) is 0 Å². The normalized spacial score (nSPS) is 14.8. The predicted molar refractivity (Wildman–Crippen MR) is 59.2 cm³/mol. The maximum absolute atomic E-state index is 11.4. The molecule has 0 amide bonds. The fraction of sp³-hybridized carbons (Fsp3) is 0.300. The van der Waals surface area contributed by atoms with Crippen LogP contribution in [0.5, 0.6) is 0 Å². The van der Waals surface area contributed by atoms with Gasteiger partial charge >= 0.3 is 0 Å². The van der Waals surface area contributed by atoms with Crippen molar-refractivity contribution >= 4 is 37.6 Å². The molecule has 0 aliphatic heterocycles. The Morgan fingerprint density at radius 3 is 2.69 bits per heavy atom. The van der Waals surface area contributed by atoms with E-state index in [1.54, 1.807) is 0 Å². The maximum atomic E-state index is 11.4. The highest BCUT2D eigenvalue weighted by Crippen LogP contribution is 2.35. The lowest BCUT2D eigenvalue weighted by molar-refractivity contribution is 0.0994. The number of ketones is 1. The lowest BCUT2D eigenvalue weighted by Crippen LogP contribution is -1.93. The molecule has 2 rings (SSSR count). The number of benzene rings is 1. The number of carbonyl (C=O) groups excluding carboxylic acids is 1. The zero-order valence-corrected chi connectivity index (χ0v) is 10.3. The Balaban J connectivity index is 2.74. The van der Waals surface area contributed by atoms with Gasteiger partial charge < -0.3 is 0 Å². The highest BCUT2D eigenvalue weighted by atomic mass is 79.9. The molecule has 1 aromatic carbocycles. The zero-order chi connectivity index (χ0) is 9.59. The summed E-state index contributed by atoms with van der Waals surface area (Å²) in [5.74, 6) is 0.261. The molecule has 1 aromatic rings. The van der Waals surface area contributed by atoms with Crippen molar-refractivity contribution in [1.82, 2.24) is 0 Å². The van der Waals surface area contributed by atoms with Crippen molar-refractivity contribution in [2.24, 2.45) is 0 Å². The summed E-state index contributed by atoms with van der Waals surface area (Å²) in [7, 11) is 0. The Morgan fingerprint density at radius 1 is 1.31 bits per heavy atom. The minimum Gasteiger partial charge on any atom is -0.294 e. The van der Waals surface area contributed by atoms with Crippen molar-refractivity contribution in [3.8, 4) is 0 Å². The van der Waals surface area contributed by atoms with Crippen LogP contribution in [0.2, 0.25) is 0 Å². The minimum atomic E-state index is 0.261. The van der Waals surface area contributed by atoms with E-state index >= 15 is 0 Å². The molecule has 3 heteroatoms. The van der Waals surface area contributed by atoms with E-state index < -0.39 is 0 Å². The fourth-order valence-corrected chi connectivity index (χ4v) is 2.96. The molecule has 1 nitrogen and oxygen atoms in total. The van der Waals surface area contributed by atoms with E-state index in [9.17, 15) is 4.79 Å². The molecule has 0 aromatic heterocycles. The molecule has 0 spiro atoms. The first-order chi connectivity index (χ1) is 6.11. The third kappa shape index (κ3) is 1.38. The van der Waals surface area contributed by atoms with E-state index in [0.29, 0.717) is 6.42 Å². The van der Waals surface area contributed by atoms with Crippen molar-refractivity contribution in [3.63, 3.8) is 0 Å². The number of halogens is 2. The van der Waals surface area contributed by atoms with Gasteiger partial charge in [0.15, 0.2) is 5.78 Å². The van der Waals surface area contributed by atoms with E-state index in [1.807, 2.05) is 13.0 Å². The van der Waals surface area contributed by atoms with Gasteiger partial charge in [0.25, 0.3) is 0 Å². The fourth-order valence-electron chi connectivity index (χ4n) is 1.64. The van der Waals surface area contributed by atoms with E-state index in [1.165, 1.54) is 11.1 Å². The van der Waals surface area contributed by atoms with Gasteiger partial charge in [-0.25, -0.2) is 0 Å². The van der Waals surface area contributed by atoms with Crippen molar-refractivity contribution < 1.29 is 4.79 Å². The molecule has 0 fully saturated rings. The third-order valence-electron chi connectivity index (χ3n) is 2.45. The molecule has 0 saturated heterocycles. The first-order valence-corrected chi connectivity index (χ1v) is 5.70. The summed E-state index contributed by atoms with van der Waals surface area (Å²) in [6.07, 6.45) is 1.53. The second-order valence-corrected chi connectivity index (χ2v) is 4.89. The highest BCUT2D eigenvalue weighted by molar-refractivity contribution is 9.11. The van der Waals surface area contributed by atoms with E-state index in [0.717, 1.165) is 20.9 Å². The van der Waals surface area contributed by atoms with Gasteiger partial charge in [-0.2, -0.15) is 0 Å². The molecule has 0 N–H and O–H groups in total. The average Bonchev–Trinajstić information content (AvgIpc) is 2.45. The summed E-state index contributed by atoms with van der Waals surface area (Å²) in [6, 6.07) is 1.94. The lowest BCUT2D eigenvalue weighted by Gasteiger charge is -2.07. The number of fused-ring (bicyclic) bond motifs is 1.